The maximum absolute atomic E-state index is 5.57. The number of hydrogen-bond donors (Lipinski definition) is 0. The molecule has 2 heterocycles. The molecule has 27 heavy (non-hydrogen) atoms. The molecule has 2 aromatic rings. The SMILES string of the molecule is COc1cc2c(cc1OC)CN1CC(C)c3cc(OC)c(OC)cc3C1C2. The lowest BCUT2D eigenvalue weighted by molar-refractivity contribution is 0.146. The van der Waals surface area contributed by atoms with Gasteiger partial charge in [0.15, 0.2) is 23.0 Å². The fourth-order valence-electron chi connectivity index (χ4n) is 4.54. The molecule has 0 saturated heterocycles. The monoisotopic (exact) mass is 369 g/mol. The number of rotatable bonds is 4. The van der Waals surface area contributed by atoms with Crippen molar-refractivity contribution < 1.29 is 18.9 Å². The molecule has 4 rings (SSSR count). The summed E-state index contributed by atoms with van der Waals surface area (Å²) in [5, 5.41) is 0. The van der Waals surface area contributed by atoms with Gasteiger partial charge in [-0.25, -0.2) is 0 Å². The van der Waals surface area contributed by atoms with E-state index < -0.39 is 0 Å². The Labute approximate surface area is 160 Å². The molecular weight excluding hydrogens is 342 g/mol. The fourth-order valence-corrected chi connectivity index (χ4v) is 4.54. The fraction of sp³-hybridized carbons (Fsp3) is 0.455. The molecule has 2 atom stereocenters. The molecule has 0 radical (unpaired) electrons. The first-order valence-corrected chi connectivity index (χ1v) is 9.33. The summed E-state index contributed by atoms with van der Waals surface area (Å²) in [6.45, 7) is 4.23. The van der Waals surface area contributed by atoms with Gasteiger partial charge in [0, 0.05) is 19.1 Å². The van der Waals surface area contributed by atoms with Gasteiger partial charge in [0.1, 0.15) is 0 Å². The van der Waals surface area contributed by atoms with E-state index in [2.05, 4.69) is 36.1 Å². The summed E-state index contributed by atoms with van der Waals surface area (Å²) in [5.41, 5.74) is 5.34. The van der Waals surface area contributed by atoms with Gasteiger partial charge in [-0.05, 0) is 58.9 Å². The Kier molecular flexibility index (Phi) is 4.64. The van der Waals surface area contributed by atoms with E-state index in [9.17, 15) is 0 Å². The van der Waals surface area contributed by atoms with Crippen molar-refractivity contribution in [3.05, 3.63) is 46.5 Å². The second-order valence-electron chi connectivity index (χ2n) is 7.36. The van der Waals surface area contributed by atoms with Crippen LogP contribution in [0.2, 0.25) is 0 Å². The van der Waals surface area contributed by atoms with Gasteiger partial charge in [0.05, 0.1) is 28.4 Å². The van der Waals surface area contributed by atoms with Crippen molar-refractivity contribution in [2.75, 3.05) is 35.0 Å². The van der Waals surface area contributed by atoms with E-state index in [0.717, 1.165) is 42.5 Å². The van der Waals surface area contributed by atoms with Gasteiger partial charge < -0.3 is 18.9 Å². The van der Waals surface area contributed by atoms with Crippen LogP contribution in [0.15, 0.2) is 24.3 Å². The first-order chi connectivity index (χ1) is 13.1. The van der Waals surface area contributed by atoms with Crippen LogP contribution in [0.25, 0.3) is 0 Å². The third-order valence-corrected chi connectivity index (χ3v) is 5.92. The minimum atomic E-state index is 0.335. The summed E-state index contributed by atoms with van der Waals surface area (Å²) < 4.78 is 22.1. The summed E-state index contributed by atoms with van der Waals surface area (Å²) in [5.74, 6) is 3.63. The molecule has 5 nitrogen and oxygen atoms in total. The summed E-state index contributed by atoms with van der Waals surface area (Å²) in [6.07, 6.45) is 0.949. The molecule has 0 fully saturated rings. The van der Waals surface area contributed by atoms with Gasteiger partial charge in [0.2, 0.25) is 0 Å². The highest BCUT2D eigenvalue weighted by Gasteiger charge is 2.36. The van der Waals surface area contributed by atoms with Crippen LogP contribution >= 0.6 is 0 Å². The number of methoxy groups -OCH3 is 4. The molecule has 2 unspecified atom stereocenters. The van der Waals surface area contributed by atoms with Crippen LogP contribution in [0.5, 0.6) is 23.0 Å². The molecule has 144 valence electrons. The zero-order chi connectivity index (χ0) is 19.1. The predicted octanol–water partition coefficient (Wildman–Crippen LogP) is 3.94. The number of fused-ring (bicyclic) bond motifs is 4. The molecule has 0 amide bonds. The van der Waals surface area contributed by atoms with Crippen LogP contribution in [0.3, 0.4) is 0 Å². The van der Waals surface area contributed by atoms with E-state index in [1.54, 1.807) is 28.4 Å². The van der Waals surface area contributed by atoms with Crippen molar-refractivity contribution in [2.24, 2.45) is 0 Å². The van der Waals surface area contributed by atoms with E-state index >= 15 is 0 Å². The summed E-state index contributed by atoms with van der Waals surface area (Å²) in [4.78, 5) is 2.56. The molecule has 5 heteroatoms. The molecule has 2 aliphatic rings. The number of nitrogens with zero attached hydrogens (tertiary/aromatic N) is 1. The first-order valence-electron chi connectivity index (χ1n) is 9.33. The zero-order valence-corrected chi connectivity index (χ0v) is 16.7. The quantitative estimate of drug-likeness (QED) is 0.816. The largest absolute Gasteiger partial charge is 0.493 e. The Morgan fingerprint density at radius 1 is 0.741 bits per heavy atom. The summed E-state index contributed by atoms with van der Waals surface area (Å²) >= 11 is 0. The lowest BCUT2D eigenvalue weighted by Crippen LogP contribution is -2.40. The Morgan fingerprint density at radius 2 is 1.26 bits per heavy atom. The van der Waals surface area contributed by atoms with Crippen molar-refractivity contribution in [2.45, 2.75) is 31.8 Å². The molecular formula is C22H27NO4. The van der Waals surface area contributed by atoms with Crippen molar-refractivity contribution in [3.63, 3.8) is 0 Å². The molecule has 0 bridgehead atoms. The van der Waals surface area contributed by atoms with Gasteiger partial charge in [0.25, 0.3) is 0 Å². The Morgan fingerprint density at radius 3 is 1.85 bits per heavy atom. The lowest BCUT2D eigenvalue weighted by atomic mass is 9.80. The zero-order valence-electron chi connectivity index (χ0n) is 16.7. The van der Waals surface area contributed by atoms with E-state index in [4.69, 9.17) is 18.9 Å². The average Bonchev–Trinajstić information content (AvgIpc) is 2.70. The number of hydrogen-bond acceptors (Lipinski definition) is 5. The van der Waals surface area contributed by atoms with E-state index in [-0.39, 0.29) is 0 Å². The van der Waals surface area contributed by atoms with Gasteiger partial charge in [-0.15, -0.1) is 0 Å². The normalized spacial score (nSPS) is 20.9. The van der Waals surface area contributed by atoms with Crippen LogP contribution < -0.4 is 18.9 Å². The van der Waals surface area contributed by atoms with E-state index in [1.807, 2.05) is 0 Å². The van der Waals surface area contributed by atoms with Crippen molar-refractivity contribution in [1.29, 1.82) is 0 Å². The van der Waals surface area contributed by atoms with Crippen molar-refractivity contribution in [1.82, 2.24) is 4.90 Å². The number of benzene rings is 2. The highest BCUT2D eigenvalue weighted by molar-refractivity contribution is 5.53. The predicted molar refractivity (Wildman–Crippen MR) is 104 cm³/mol. The van der Waals surface area contributed by atoms with Crippen LogP contribution in [0.1, 0.15) is 41.1 Å². The molecule has 2 aromatic carbocycles. The van der Waals surface area contributed by atoms with Gasteiger partial charge in [-0.2, -0.15) is 0 Å². The third kappa shape index (κ3) is 2.90. The molecule has 0 aliphatic carbocycles. The molecule has 0 aromatic heterocycles. The topological polar surface area (TPSA) is 40.2 Å². The molecule has 0 saturated carbocycles. The Balaban J connectivity index is 1.78. The van der Waals surface area contributed by atoms with Crippen molar-refractivity contribution >= 4 is 0 Å². The molecule has 2 aliphatic heterocycles. The van der Waals surface area contributed by atoms with Crippen LogP contribution in [0.4, 0.5) is 0 Å². The van der Waals surface area contributed by atoms with Crippen LogP contribution in [-0.4, -0.2) is 39.9 Å². The van der Waals surface area contributed by atoms with Gasteiger partial charge in [-0.1, -0.05) is 6.92 Å². The highest BCUT2D eigenvalue weighted by Crippen LogP contribution is 2.47. The summed E-state index contributed by atoms with van der Waals surface area (Å²) in [7, 11) is 6.77. The maximum atomic E-state index is 5.57. The second kappa shape index (κ2) is 6.97. The van der Waals surface area contributed by atoms with Gasteiger partial charge >= 0.3 is 0 Å². The minimum Gasteiger partial charge on any atom is -0.493 e. The van der Waals surface area contributed by atoms with Gasteiger partial charge in [-0.3, -0.25) is 4.90 Å². The average molecular weight is 369 g/mol. The first kappa shape index (κ1) is 18.0. The minimum absolute atomic E-state index is 0.335. The Hall–Kier alpha value is -2.40. The maximum Gasteiger partial charge on any atom is 0.161 e. The van der Waals surface area contributed by atoms with E-state index in [1.165, 1.54) is 22.3 Å². The number of ether oxygens (including phenoxy) is 4. The highest BCUT2D eigenvalue weighted by atomic mass is 16.5. The second-order valence-corrected chi connectivity index (χ2v) is 7.36. The van der Waals surface area contributed by atoms with E-state index in [0.29, 0.717) is 12.0 Å². The molecule has 0 spiro atoms. The third-order valence-electron chi connectivity index (χ3n) is 5.92. The van der Waals surface area contributed by atoms with Crippen LogP contribution in [-0.2, 0) is 13.0 Å². The smallest absolute Gasteiger partial charge is 0.161 e. The van der Waals surface area contributed by atoms with Crippen molar-refractivity contribution in [3.8, 4) is 23.0 Å². The Bertz CT molecular complexity index is 864. The molecule has 0 N–H and O–H groups in total. The standard InChI is InChI=1S/C22H27NO4/c1-13-11-23-12-15-8-20(25-3)19(24-2)7-14(15)6-18(23)17-10-22(27-5)21(26-4)9-16(13)17/h7-10,13,18H,6,11-12H2,1-5H3. The summed E-state index contributed by atoms with van der Waals surface area (Å²) in [6, 6.07) is 8.90. The van der Waals surface area contributed by atoms with Crippen LogP contribution in [0, 0.1) is 0 Å². The lowest BCUT2D eigenvalue weighted by Gasteiger charge is -2.44.